The number of aryl methyl sites for hydroxylation is 2. The van der Waals surface area contributed by atoms with Crippen molar-refractivity contribution in [2.24, 2.45) is 0 Å². The highest BCUT2D eigenvalue weighted by molar-refractivity contribution is 7.91. The predicted octanol–water partition coefficient (Wildman–Crippen LogP) is 5.14. The largest absolute Gasteiger partial charge is 0.492 e. The molecule has 7 heteroatoms. The van der Waals surface area contributed by atoms with E-state index in [1.165, 1.54) is 27.8 Å². The Morgan fingerprint density at radius 2 is 1.89 bits per heavy atom. The molecule has 3 aromatic rings. The van der Waals surface area contributed by atoms with Crippen LogP contribution < -0.4 is 4.74 Å². The predicted molar refractivity (Wildman–Crippen MR) is 112 cm³/mol. The van der Waals surface area contributed by atoms with Crippen LogP contribution in [0.3, 0.4) is 0 Å². The molecule has 1 aromatic heterocycles. The van der Waals surface area contributed by atoms with Gasteiger partial charge in [0.25, 0.3) is 10.0 Å². The lowest BCUT2D eigenvalue weighted by Crippen LogP contribution is -2.35. The first kappa shape index (κ1) is 20.8. The molecule has 0 aliphatic carbocycles. The van der Waals surface area contributed by atoms with E-state index in [1.54, 1.807) is 13.0 Å². The lowest BCUT2D eigenvalue weighted by Gasteiger charge is -2.21. The van der Waals surface area contributed by atoms with Crippen LogP contribution in [0.2, 0.25) is 0 Å². The molecule has 0 N–H and O–H groups in total. The van der Waals surface area contributed by atoms with Crippen LogP contribution in [-0.4, -0.2) is 32.4 Å². The number of nitrogens with zero attached hydrogens (tertiary/aromatic N) is 1. The van der Waals surface area contributed by atoms with Crippen LogP contribution in [0.25, 0.3) is 10.1 Å². The number of rotatable bonds is 8. The molecule has 28 heavy (non-hydrogen) atoms. The first-order valence-corrected chi connectivity index (χ1v) is 11.5. The summed E-state index contributed by atoms with van der Waals surface area (Å²) >= 11 is 1.19. The van der Waals surface area contributed by atoms with Gasteiger partial charge in [-0.2, -0.15) is 4.31 Å². The third-order valence-corrected chi connectivity index (χ3v) is 8.27. The van der Waals surface area contributed by atoms with Crippen LogP contribution in [0, 0.1) is 19.7 Å². The van der Waals surface area contributed by atoms with E-state index in [0.29, 0.717) is 23.9 Å². The van der Waals surface area contributed by atoms with Gasteiger partial charge in [0.15, 0.2) is 0 Å². The van der Waals surface area contributed by atoms with Crippen molar-refractivity contribution in [2.45, 2.75) is 31.4 Å². The fraction of sp³-hybridized carbons (Fsp3) is 0.333. The second-order valence-corrected chi connectivity index (χ2v) is 9.91. The standard InChI is InChI=1S/C21H24FNO3S2/c1-4-10-23(11-12-26-18-7-5-6-15(2)13-18)28(24,25)21-16(3)19-14-17(22)8-9-20(19)27-21/h5-9,13-14H,4,10-12H2,1-3H3. The molecule has 0 saturated heterocycles. The van der Waals surface area contributed by atoms with Crippen molar-refractivity contribution >= 4 is 31.4 Å². The minimum atomic E-state index is -3.68. The van der Waals surface area contributed by atoms with Crippen LogP contribution in [0.1, 0.15) is 24.5 Å². The van der Waals surface area contributed by atoms with Crippen molar-refractivity contribution in [1.82, 2.24) is 4.31 Å². The molecule has 0 radical (unpaired) electrons. The van der Waals surface area contributed by atoms with Crippen molar-refractivity contribution in [1.29, 1.82) is 0 Å². The van der Waals surface area contributed by atoms with Gasteiger partial charge >= 0.3 is 0 Å². The summed E-state index contributed by atoms with van der Waals surface area (Å²) in [5.74, 6) is 0.358. The van der Waals surface area contributed by atoms with Gasteiger partial charge in [0.05, 0.1) is 0 Å². The Morgan fingerprint density at radius 1 is 1.11 bits per heavy atom. The topological polar surface area (TPSA) is 46.6 Å². The highest BCUT2D eigenvalue weighted by atomic mass is 32.2. The molecule has 0 amide bonds. The number of sulfonamides is 1. The highest BCUT2D eigenvalue weighted by Gasteiger charge is 2.28. The maximum absolute atomic E-state index is 13.6. The molecular formula is C21H24FNO3S2. The van der Waals surface area contributed by atoms with E-state index < -0.39 is 10.0 Å². The van der Waals surface area contributed by atoms with Gasteiger partial charge in [-0.25, -0.2) is 12.8 Å². The molecule has 0 fully saturated rings. The van der Waals surface area contributed by atoms with E-state index in [2.05, 4.69) is 0 Å². The van der Waals surface area contributed by atoms with Crippen molar-refractivity contribution in [3.05, 3.63) is 59.4 Å². The first-order valence-electron chi connectivity index (χ1n) is 9.21. The second-order valence-electron chi connectivity index (χ2n) is 6.72. The van der Waals surface area contributed by atoms with Gasteiger partial charge in [0.2, 0.25) is 0 Å². The number of thiophene rings is 1. The van der Waals surface area contributed by atoms with Crippen LogP contribution in [0.4, 0.5) is 4.39 Å². The zero-order chi connectivity index (χ0) is 20.3. The van der Waals surface area contributed by atoms with E-state index in [1.807, 2.05) is 38.1 Å². The lowest BCUT2D eigenvalue weighted by atomic mass is 10.2. The van der Waals surface area contributed by atoms with E-state index in [9.17, 15) is 12.8 Å². The van der Waals surface area contributed by atoms with Crippen molar-refractivity contribution in [3.8, 4) is 5.75 Å². The Balaban J connectivity index is 1.83. The van der Waals surface area contributed by atoms with Gasteiger partial charge < -0.3 is 4.74 Å². The van der Waals surface area contributed by atoms with Gasteiger partial charge in [-0.1, -0.05) is 19.1 Å². The van der Waals surface area contributed by atoms with E-state index >= 15 is 0 Å². The summed E-state index contributed by atoms with van der Waals surface area (Å²) < 4.78 is 48.4. The number of halogens is 1. The Hall–Kier alpha value is -1.96. The van der Waals surface area contributed by atoms with Gasteiger partial charge in [-0.15, -0.1) is 11.3 Å². The minimum absolute atomic E-state index is 0.256. The molecule has 150 valence electrons. The molecule has 0 aliphatic heterocycles. The molecule has 0 atom stereocenters. The zero-order valence-corrected chi connectivity index (χ0v) is 17.9. The van der Waals surface area contributed by atoms with Crippen molar-refractivity contribution < 1.29 is 17.5 Å². The molecule has 0 unspecified atom stereocenters. The van der Waals surface area contributed by atoms with Crippen LogP contribution >= 0.6 is 11.3 Å². The summed E-state index contributed by atoms with van der Waals surface area (Å²) in [5.41, 5.74) is 1.68. The fourth-order valence-corrected chi connectivity index (χ4v) is 6.50. The zero-order valence-electron chi connectivity index (χ0n) is 16.2. The number of benzene rings is 2. The maximum Gasteiger partial charge on any atom is 0.252 e. The van der Waals surface area contributed by atoms with Crippen molar-refractivity contribution in [3.63, 3.8) is 0 Å². The summed E-state index contributed by atoms with van der Waals surface area (Å²) in [6, 6.07) is 12.0. The average molecular weight is 422 g/mol. The lowest BCUT2D eigenvalue weighted by molar-refractivity contribution is 0.272. The highest BCUT2D eigenvalue weighted by Crippen LogP contribution is 2.36. The number of hydrogen-bond donors (Lipinski definition) is 0. The minimum Gasteiger partial charge on any atom is -0.492 e. The average Bonchev–Trinajstić information content (AvgIpc) is 2.98. The summed E-state index contributed by atoms with van der Waals surface area (Å²) in [5, 5.41) is 0.649. The normalized spacial score (nSPS) is 12.0. The third-order valence-electron chi connectivity index (χ3n) is 4.50. The molecule has 0 aliphatic rings. The summed E-state index contributed by atoms with van der Waals surface area (Å²) in [6.07, 6.45) is 0.697. The third kappa shape index (κ3) is 4.37. The quantitative estimate of drug-likeness (QED) is 0.506. The van der Waals surface area contributed by atoms with E-state index in [-0.39, 0.29) is 23.2 Å². The fourth-order valence-electron chi connectivity index (χ4n) is 3.11. The maximum atomic E-state index is 13.6. The molecule has 3 rings (SSSR count). The van der Waals surface area contributed by atoms with Gasteiger partial charge in [-0.05, 0) is 67.1 Å². The summed E-state index contributed by atoms with van der Waals surface area (Å²) in [6.45, 7) is 6.58. The van der Waals surface area contributed by atoms with Gasteiger partial charge in [-0.3, -0.25) is 0 Å². The van der Waals surface area contributed by atoms with Gasteiger partial charge in [0.1, 0.15) is 22.4 Å². The first-order chi connectivity index (χ1) is 13.3. The molecule has 4 nitrogen and oxygen atoms in total. The van der Waals surface area contributed by atoms with E-state index in [0.717, 1.165) is 16.0 Å². The molecular weight excluding hydrogens is 397 g/mol. The van der Waals surface area contributed by atoms with Gasteiger partial charge in [0, 0.05) is 17.8 Å². The molecule has 1 heterocycles. The Labute approximate surface area is 169 Å². The van der Waals surface area contributed by atoms with Crippen LogP contribution in [0.5, 0.6) is 5.75 Å². The van der Waals surface area contributed by atoms with Crippen LogP contribution in [0.15, 0.2) is 46.7 Å². The van der Waals surface area contributed by atoms with Crippen LogP contribution in [-0.2, 0) is 10.0 Å². The smallest absolute Gasteiger partial charge is 0.252 e. The summed E-state index contributed by atoms with van der Waals surface area (Å²) in [4.78, 5) is 0. The number of ether oxygens (including phenoxy) is 1. The number of hydrogen-bond acceptors (Lipinski definition) is 4. The van der Waals surface area contributed by atoms with Crippen molar-refractivity contribution in [2.75, 3.05) is 19.7 Å². The number of fused-ring (bicyclic) bond motifs is 1. The molecule has 0 bridgehead atoms. The Morgan fingerprint density at radius 3 is 2.61 bits per heavy atom. The Kier molecular flexibility index (Phi) is 6.37. The SMILES string of the molecule is CCCN(CCOc1cccc(C)c1)S(=O)(=O)c1sc2ccc(F)cc2c1C. The monoisotopic (exact) mass is 421 g/mol. The molecule has 2 aromatic carbocycles. The van der Waals surface area contributed by atoms with E-state index in [4.69, 9.17) is 4.74 Å². The molecule has 0 saturated carbocycles. The Bertz CT molecular complexity index is 1080. The second kappa shape index (κ2) is 8.59. The summed E-state index contributed by atoms with van der Waals surface area (Å²) in [7, 11) is -3.68. The molecule has 0 spiro atoms.